The Morgan fingerprint density at radius 1 is 1.32 bits per heavy atom. The fourth-order valence-electron chi connectivity index (χ4n) is 1.65. The molecule has 0 unspecified atom stereocenters. The summed E-state index contributed by atoms with van der Waals surface area (Å²) in [7, 11) is 0. The van der Waals surface area contributed by atoms with Crippen LogP contribution >= 0.6 is 11.6 Å². The third kappa shape index (κ3) is 4.09. The Hall–Kier alpha value is -1.31. The van der Waals surface area contributed by atoms with Gasteiger partial charge in [0, 0.05) is 12.6 Å². The van der Waals surface area contributed by atoms with Crippen molar-refractivity contribution in [2.45, 2.75) is 32.0 Å². The van der Waals surface area contributed by atoms with E-state index in [0.29, 0.717) is 19.4 Å². The predicted octanol–water partition coefficient (Wildman–Crippen LogP) is 2.49. The molecule has 0 radical (unpaired) electrons. The minimum absolute atomic E-state index is 0.0317. The third-order valence-electron chi connectivity index (χ3n) is 2.53. The van der Waals surface area contributed by atoms with E-state index in [9.17, 15) is 13.2 Å². The van der Waals surface area contributed by atoms with Gasteiger partial charge in [-0.05, 0) is 31.4 Å². The highest BCUT2D eigenvalue weighted by atomic mass is 35.5. The summed E-state index contributed by atoms with van der Waals surface area (Å²) in [6.07, 6.45) is -2.90. The molecule has 0 bridgehead atoms. The van der Waals surface area contributed by atoms with Gasteiger partial charge in [-0.2, -0.15) is 28.1 Å². The molecule has 1 heterocycles. The lowest BCUT2D eigenvalue weighted by Gasteiger charge is -2.23. The van der Waals surface area contributed by atoms with E-state index in [4.69, 9.17) is 11.6 Å². The van der Waals surface area contributed by atoms with E-state index in [-0.39, 0.29) is 23.2 Å². The van der Waals surface area contributed by atoms with Crippen LogP contribution in [0.4, 0.5) is 25.1 Å². The highest BCUT2D eigenvalue weighted by Crippen LogP contribution is 2.33. The van der Waals surface area contributed by atoms with Gasteiger partial charge >= 0.3 is 6.18 Å². The highest BCUT2D eigenvalue weighted by molar-refractivity contribution is 6.28. The van der Waals surface area contributed by atoms with Crippen LogP contribution < -0.4 is 10.2 Å². The van der Waals surface area contributed by atoms with Crippen molar-refractivity contribution in [3.8, 4) is 0 Å². The van der Waals surface area contributed by atoms with Crippen molar-refractivity contribution >= 4 is 23.5 Å². The van der Waals surface area contributed by atoms with Gasteiger partial charge in [0.25, 0.3) is 0 Å². The average Bonchev–Trinajstić information content (AvgIpc) is 3.08. The van der Waals surface area contributed by atoms with E-state index in [1.807, 2.05) is 6.92 Å². The van der Waals surface area contributed by atoms with E-state index < -0.39 is 12.7 Å². The molecule has 1 aliphatic rings. The molecule has 0 saturated heterocycles. The standard InChI is InChI=1S/C10H13ClF3N5/c1-2-15-8-16-7(11)17-9(18-8)19(6-3-4-6)5-10(12,13)14/h6H,2-5H2,1H3,(H,15,16,17,18). The molecular formula is C10H13ClF3N5. The fraction of sp³-hybridized carbons (Fsp3) is 0.700. The van der Waals surface area contributed by atoms with E-state index in [2.05, 4.69) is 20.3 Å². The number of halogens is 4. The van der Waals surface area contributed by atoms with E-state index in [1.54, 1.807) is 0 Å². The van der Waals surface area contributed by atoms with Crippen molar-refractivity contribution in [1.29, 1.82) is 0 Å². The summed E-state index contributed by atoms with van der Waals surface area (Å²) in [4.78, 5) is 12.7. The van der Waals surface area contributed by atoms with Crippen LogP contribution in [0.1, 0.15) is 19.8 Å². The molecule has 1 aromatic rings. The van der Waals surface area contributed by atoms with Crippen LogP contribution in [0, 0.1) is 0 Å². The molecule has 0 aromatic carbocycles. The largest absolute Gasteiger partial charge is 0.406 e. The number of aromatic nitrogens is 3. The topological polar surface area (TPSA) is 53.9 Å². The van der Waals surface area contributed by atoms with Crippen molar-refractivity contribution in [2.75, 3.05) is 23.3 Å². The summed E-state index contributed by atoms with van der Waals surface area (Å²) >= 11 is 5.72. The number of hydrogen-bond acceptors (Lipinski definition) is 5. The highest BCUT2D eigenvalue weighted by Gasteiger charge is 2.39. The van der Waals surface area contributed by atoms with Gasteiger partial charge in [0.2, 0.25) is 17.2 Å². The lowest BCUT2D eigenvalue weighted by molar-refractivity contribution is -0.120. The molecule has 1 N–H and O–H groups in total. The van der Waals surface area contributed by atoms with Crippen LogP contribution in [0.25, 0.3) is 0 Å². The maximum absolute atomic E-state index is 12.6. The Bertz CT molecular complexity index is 449. The minimum Gasteiger partial charge on any atom is -0.354 e. The van der Waals surface area contributed by atoms with Crippen LogP contribution in [0.5, 0.6) is 0 Å². The maximum Gasteiger partial charge on any atom is 0.406 e. The molecule has 1 saturated carbocycles. The minimum atomic E-state index is -4.31. The Morgan fingerprint density at radius 2 is 2.00 bits per heavy atom. The third-order valence-corrected chi connectivity index (χ3v) is 2.69. The zero-order valence-electron chi connectivity index (χ0n) is 10.2. The fourth-order valence-corrected chi connectivity index (χ4v) is 1.80. The van der Waals surface area contributed by atoms with E-state index >= 15 is 0 Å². The molecule has 5 nitrogen and oxygen atoms in total. The van der Waals surface area contributed by atoms with Crippen LogP contribution in [-0.4, -0.2) is 40.3 Å². The van der Waals surface area contributed by atoms with E-state index in [0.717, 1.165) is 4.90 Å². The number of anilines is 2. The normalized spacial score (nSPS) is 15.4. The van der Waals surface area contributed by atoms with Crippen molar-refractivity contribution < 1.29 is 13.2 Å². The Morgan fingerprint density at radius 3 is 2.53 bits per heavy atom. The first-order valence-electron chi connectivity index (χ1n) is 5.88. The molecule has 19 heavy (non-hydrogen) atoms. The first-order valence-corrected chi connectivity index (χ1v) is 6.25. The molecule has 1 aliphatic carbocycles. The van der Waals surface area contributed by atoms with Gasteiger partial charge in [-0.1, -0.05) is 0 Å². The molecule has 0 amide bonds. The molecule has 1 fully saturated rings. The Labute approximate surface area is 113 Å². The van der Waals surface area contributed by atoms with Crippen LogP contribution in [0.2, 0.25) is 5.28 Å². The Kier molecular flexibility index (Phi) is 3.98. The summed E-state index contributed by atoms with van der Waals surface area (Å²) in [5.41, 5.74) is 0. The lowest BCUT2D eigenvalue weighted by Crippen LogP contribution is -2.37. The summed E-state index contributed by atoms with van der Waals surface area (Å²) in [5.74, 6) is 0.154. The average molecular weight is 296 g/mol. The van der Waals surface area contributed by atoms with Crippen LogP contribution in [-0.2, 0) is 0 Å². The molecule has 2 rings (SSSR count). The predicted molar refractivity (Wildman–Crippen MR) is 65.4 cm³/mol. The van der Waals surface area contributed by atoms with Gasteiger partial charge in [-0.3, -0.25) is 0 Å². The van der Waals surface area contributed by atoms with Gasteiger partial charge in [-0.15, -0.1) is 0 Å². The molecule has 0 atom stereocenters. The summed E-state index contributed by atoms with van der Waals surface area (Å²) < 4.78 is 37.7. The van der Waals surface area contributed by atoms with Crippen molar-refractivity contribution in [3.05, 3.63) is 5.28 Å². The second kappa shape index (κ2) is 5.36. The zero-order chi connectivity index (χ0) is 14.0. The molecule has 0 aliphatic heterocycles. The molecule has 9 heteroatoms. The summed E-state index contributed by atoms with van der Waals surface area (Å²) in [6.45, 7) is 1.29. The van der Waals surface area contributed by atoms with Crippen molar-refractivity contribution in [1.82, 2.24) is 15.0 Å². The van der Waals surface area contributed by atoms with Crippen molar-refractivity contribution in [2.24, 2.45) is 0 Å². The van der Waals surface area contributed by atoms with Crippen LogP contribution in [0.15, 0.2) is 0 Å². The van der Waals surface area contributed by atoms with Gasteiger partial charge in [0.1, 0.15) is 6.54 Å². The smallest absolute Gasteiger partial charge is 0.354 e. The first-order chi connectivity index (χ1) is 8.89. The molecule has 0 spiro atoms. The quantitative estimate of drug-likeness (QED) is 0.904. The van der Waals surface area contributed by atoms with E-state index in [1.165, 1.54) is 0 Å². The monoisotopic (exact) mass is 295 g/mol. The number of hydrogen-bond donors (Lipinski definition) is 1. The number of rotatable bonds is 5. The Balaban J connectivity index is 2.25. The molecular weight excluding hydrogens is 283 g/mol. The number of nitrogens with one attached hydrogen (secondary N) is 1. The number of alkyl halides is 3. The second-order valence-corrected chi connectivity index (χ2v) is 4.57. The SMILES string of the molecule is CCNc1nc(Cl)nc(N(CC(F)(F)F)C2CC2)n1. The zero-order valence-corrected chi connectivity index (χ0v) is 11.0. The second-order valence-electron chi connectivity index (χ2n) is 4.23. The van der Waals surface area contributed by atoms with Gasteiger partial charge in [-0.25, -0.2) is 0 Å². The summed E-state index contributed by atoms with van der Waals surface area (Å²) in [5, 5.41) is 2.69. The molecule has 106 valence electrons. The number of nitrogens with zero attached hydrogens (tertiary/aromatic N) is 4. The summed E-state index contributed by atoms with van der Waals surface area (Å²) in [6, 6.07) is -0.172. The van der Waals surface area contributed by atoms with Gasteiger partial charge in [0.15, 0.2) is 0 Å². The van der Waals surface area contributed by atoms with Crippen molar-refractivity contribution in [3.63, 3.8) is 0 Å². The lowest BCUT2D eigenvalue weighted by atomic mass is 10.5. The van der Waals surface area contributed by atoms with Gasteiger partial charge < -0.3 is 10.2 Å². The van der Waals surface area contributed by atoms with Crippen LogP contribution in [0.3, 0.4) is 0 Å². The molecule has 1 aromatic heterocycles. The maximum atomic E-state index is 12.6. The van der Waals surface area contributed by atoms with Gasteiger partial charge in [0.05, 0.1) is 0 Å². The first kappa shape index (κ1) is 14.1.